The van der Waals surface area contributed by atoms with Gasteiger partial charge in [0.2, 0.25) is 11.6 Å². The Morgan fingerprint density at radius 3 is 2.27 bits per heavy atom. The van der Waals surface area contributed by atoms with Gasteiger partial charge in [-0.15, -0.1) is 0 Å². The van der Waals surface area contributed by atoms with E-state index in [1.807, 2.05) is 13.8 Å². The fourth-order valence-electron chi connectivity index (χ4n) is 3.34. The van der Waals surface area contributed by atoms with Gasteiger partial charge in [0.1, 0.15) is 0 Å². The van der Waals surface area contributed by atoms with E-state index in [-0.39, 0.29) is 5.41 Å². The average molecular weight is 206 g/mol. The Kier molecular flexibility index (Phi) is 2.76. The second-order valence-corrected chi connectivity index (χ2v) is 6.00. The van der Waals surface area contributed by atoms with Crippen LogP contribution in [0.2, 0.25) is 0 Å². The monoisotopic (exact) mass is 206 g/mol. The third-order valence-electron chi connectivity index (χ3n) is 3.07. The van der Waals surface area contributed by atoms with E-state index in [1.54, 1.807) is 6.08 Å². The molecule has 1 aliphatic carbocycles. The number of hydrogen-bond donors (Lipinski definition) is 0. The molecule has 0 N–H and O–H groups in total. The minimum atomic E-state index is -0.414. The predicted molar refractivity (Wildman–Crippen MR) is 59.2 cm³/mol. The van der Waals surface area contributed by atoms with Crippen molar-refractivity contribution in [3.8, 4) is 0 Å². The van der Waals surface area contributed by atoms with Crippen LogP contribution < -0.4 is 0 Å². The highest BCUT2D eigenvalue weighted by Crippen LogP contribution is 2.48. The molecular formula is C12H18N2O. The topological polar surface area (TPSA) is 33.8 Å². The molecule has 3 nitrogen and oxygen atoms in total. The van der Waals surface area contributed by atoms with Crippen LogP contribution in [0.3, 0.4) is 0 Å². The van der Waals surface area contributed by atoms with E-state index in [1.165, 1.54) is 0 Å². The summed E-state index contributed by atoms with van der Waals surface area (Å²) in [6, 6.07) is 0. The third kappa shape index (κ3) is 2.67. The zero-order chi connectivity index (χ0) is 11.7. The van der Waals surface area contributed by atoms with Gasteiger partial charge < -0.3 is 4.85 Å². The van der Waals surface area contributed by atoms with E-state index in [0.717, 1.165) is 12.8 Å². The van der Waals surface area contributed by atoms with Gasteiger partial charge in [-0.1, -0.05) is 13.8 Å². The highest BCUT2D eigenvalue weighted by atomic mass is 16.1. The standard InChI is InChI=1S/C12H18N2O/c1-10(2)6-11(3,13-5)8-12(4,7-10)14-9-15/h6-8H2,1-4H3. The maximum absolute atomic E-state index is 10.4. The predicted octanol–water partition coefficient (Wildman–Crippen LogP) is 2.97. The van der Waals surface area contributed by atoms with E-state index in [2.05, 4.69) is 23.7 Å². The Morgan fingerprint density at radius 2 is 1.80 bits per heavy atom. The van der Waals surface area contributed by atoms with Gasteiger partial charge in [-0.25, -0.2) is 11.4 Å². The molecule has 1 aliphatic rings. The van der Waals surface area contributed by atoms with Crippen molar-refractivity contribution in [3.63, 3.8) is 0 Å². The number of hydrogen-bond acceptors (Lipinski definition) is 2. The Bertz CT molecular complexity index is 349. The summed E-state index contributed by atoms with van der Waals surface area (Å²) in [5, 5.41) is 0. The molecule has 0 heterocycles. The van der Waals surface area contributed by atoms with Gasteiger partial charge in [-0.05, 0) is 18.8 Å². The molecule has 1 saturated carbocycles. The summed E-state index contributed by atoms with van der Waals surface area (Å²) in [5.74, 6) is 0. The molecule has 2 unspecified atom stereocenters. The second-order valence-electron chi connectivity index (χ2n) is 6.00. The molecule has 0 aromatic carbocycles. The fourth-order valence-corrected chi connectivity index (χ4v) is 3.34. The minimum Gasteiger partial charge on any atom is -0.311 e. The first-order valence-electron chi connectivity index (χ1n) is 5.22. The first-order valence-corrected chi connectivity index (χ1v) is 5.22. The van der Waals surface area contributed by atoms with Crippen molar-refractivity contribution >= 4 is 6.08 Å². The molecule has 3 heteroatoms. The van der Waals surface area contributed by atoms with Crippen molar-refractivity contribution in [1.82, 2.24) is 0 Å². The largest absolute Gasteiger partial charge is 0.311 e. The van der Waals surface area contributed by atoms with Crippen LogP contribution in [-0.4, -0.2) is 17.2 Å². The van der Waals surface area contributed by atoms with Gasteiger partial charge in [0.15, 0.2) is 0 Å². The van der Waals surface area contributed by atoms with Crippen LogP contribution in [0, 0.1) is 12.0 Å². The molecule has 0 aromatic rings. The molecule has 82 valence electrons. The van der Waals surface area contributed by atoms with Crippen LogP contribution in [0.1, 0.15) is 47.0 Å². The van der Waals surface area contributed by atoms with Gasteiger partial charge in [0.05, 0.1) is 12.0 Å². The number of isocyanates is 1. The maximum atomic E-state index is 10.4. The van der Waals surface area contributed by atoms with E-state index >= 15 is 0 Å². The van der Waals surface area contributed by atoms with Gasteiger partial charge >= 0.3 is 0 Å². The van der Waals surface area contributed by atoms with Crippen molar-refractivity contribution in [3.05, 3.63) is 11.4 Å². The molecule has 0 aromatic heterocycles. The van der Waals surface area contributed by atoms with E-state index in [9.17, 15) is 4.79 Å². The number of rotatable bonds is 1. The Labute approximate surface area is 91.4 Å². The first-order chi connectivity index (χ1) is 6.74. The maximum Gasteiger partial charge on any atom is 0.235 e. The summed E-state index contributed by atoms with van der Waals surface area (Å²) in [6.45, 7) is 15.4. The first kappa shape index (κ1) is 11.9. The lowest BCUT2D eigenvalue weighted by molar-refractivity contribution is 0.118. The molecule has 1 fully saturated rings. The lowest BCUT2D eigenvalue weighted by Gasteiger charge is -2.43. The fraction of sp³-hybridized carbons (Fsp3) is 0.833. The van der Waals surface area contributed by atoms with Gasteiger partial charge in [-0.2, -0.15) is 4.99 Å². The molecule has 15 heavy (non-hydrogen) atoms. The zero-order valence-electron chi connectivity index (χ0n) is 9.92. The highest BCUT2D eigenvalue weighted by molar-refractivity contribution is 5.35. The summed E-state index contributed by atoms with van der Waals surface area (Å²) >= 11 is 0. The Hall–Kier alpha value is -1.13. The van der Waals surface area contributed by atoms with Crippen LogP contribution in [-0.2, 0) is 4.79 Å². The van der Waals surface area contributed by atoms with Crippen LogP contribution in [0.25, 0.3) is 4.85 Å². The molecule has 2 atom stereocenters. The Morgan fingerprint density at radius 1 is 1.20 bits per heavy atom. The van der Waals surface area contributed by atoms with Crippen molar-refractivity contribution < 1.29 is 4.79 Å². The van der Waals surface area contributed by atoms with E-state index in [4.69, 9.17) is 6.57 Å². The second kappa shape index (κ2) is 3.47. The number of carbonyl (C=O) groups excluding carboxylic acids is 1. The molecule has 0 saturated heterocycles. The lowest BCUT2D eigenvalue weighted by Crippen LogP contribution is -2.46. The van der Waals surface area contributed by atoms with Crippen molar-refractivity contribution in [1.29, 1.82) is 0 Å². The van der Waals surface area contributed by atoms with Crippen molar-refractivity contribution in [2.45, 2.75) is 58.0 Å². The van der Waals surface area contributed by atoms with Crippen LogP contribution >= 0.6 is 0 Å². The van der Waals surface area contributed by atoms with Gasteiger partial charge in [-0.3, -0.25) is 0 Å². The number of nitrogens with zero attached hydrogens (tertiary/aromatic N) is 2. The lowest BCUT2D eigenvalue weighted by atomic mass is 9.62. The van der Waals surface area contributed by atoms with Crippen LogP contribution in [0.5, 0.6) is 0 Å². The molecule has 0 amide bonds. The Balaban J connectivity index is 3.07. The van der Waals surface area contributed by atoms with E-state index in [0.29, 0.717) is 6.42 Å². The molecule has 0 spiro atoms. The third-order valence-corrected chi connectivity index (χ3v) is 3.07. The molecular weight excluding hydrogens is 188 g/mol. The molecule has 1 rings (SSSR count). The van der Waals surface area contributed by atoms with Crippen molar-refractivity contribution in [2.24, 2.45) is 10.4 Å². The quantitative estimate of drug-likeness (QED) is 0.369. The summed E-state index contributed by atoms with van der Waals surface area (Å²) in [7, 11) is 0. The van der Waals surface area contributed by atoms with Gasteiger partial charge in [0, 0.05) is 13.3 Å². The summed E-state index contributed by atoms with van der Waals surface area (Å²) in [6.07, 6.45) is 4.02. The summed E-state index contributed by atoms with van der Waals surface area (Å²) in [5.41, 5.74) is -0.744. The summed E-state index contributed by atoms with van der Waals surface area (Å²) < 4.78 is 0. The van der Waals surface area contributed by atoms with Crippen molar-refractivity contribution in [2.75, 3.05) is 0 Å². The zero-order valence-corrected chi connectivity index (χ0v) is 9.92. The van der Waals surface area contributed by atoms with Crippen LogP contribution in [0.4, 0.5) is 0 Å². The van der Waals surface area contributed by atoms with Crippen LogP contribution in [0.15, 0.2) is 4.99 Å². The minimum absolute atomic E-state index is 0.0622. The highest BCUT2D eigenvalue weighted by Gasteiger charge is 2.51. The SMILES string of the molecule is [C-]#[N+]C1(C)CC(C)(C)CC(C)(N=C=O)C1. The number of aliphatic imine (C=N–C) groups is 1. The smallest absolute Gasteiger partial charge is 0.235 e. The van der Waals surface area contributed by atoms with E-state index < -0.39 is 11.1 Å². The van der Waals surface area contributed by atoms with Gasteiger partial charge in [0.25, 0.3) is 0 Å². The molecule has 0 aliphatic heterocycles. The average Bonchev–Trinajstić information content (AvgIpc) is 1.99. The summed E-state index contributed by atoms with van der Waals surface area (Å²) in [4.78, 5) is 18.0. The molecule has 0 bridgehead atoms. The molecule has 0 radical (unpaired) electrons. The normalized spacial score (nSPS) is 38.9.